The number of piperidine rings is 1. The van der Waals surface area contributed by atoms with Gasteiger partial charge in [0.2, 0.25) is 5.91 Å². The van der Waals surface area contributed by atoms with E-state index in [9.17, 15) is 9.59 Å². The average molecular weight is 461 g/mol. The number of carbonyl (C=O) groups excluding carboxylic acids is 1. The van der Waals surface area contributed by atoms with Gasteiger partial charge in [-0.15, -0.1) is 0 Å². The Balaban J connectivity index is 1.57. The van der Waals surface area contributed by atoms with Gasteiger partial charge in [-0.2, -0.15) is 0 Å². The molecule has 170 valence electrons. The first-order valence-corrected chi connectivity index (χ1v) is 12.6. The molecule has 0 aliphatic carbocycles. The Morgan fingerprint density at radius 2 is 1.94 bits per heavy atom. The molecule has 0 radical (unpaired) electrons. The van der Waals surface area contributed by atoms with Crippen LogP contribution in [0.25, 0.3) is 27.6 Å². The molecule has 1 aliphatic rings. The Bertz CT molecular complexity index is 1370. The van der Waals surface area contributed by atoms with Crippen molar-refractivity contribution < 1.29 is 4.79 Å². The Kier molecular flexibility index (Phi) is 5.98. The van der Waals surface area contributed by atoms with E-state index in [-0.39, 0.29) is 17.2 Å². The highest BCUT2D eigenvalue weighted by atomic mass is 32.2. The maximum Gasteiger partial charge on any atom is 0.283 e. The van der Waals surface area contributed by atoms with Crippen LogP contribution in [0.4, 0.5) is 0 Å². The number of thioether (sulfide) groups is 1. The molecule has 2 aromatic carbocycles. The molecule has 6 nitrogen and oxygen atoms in total. The van der Waals surface area contributed by atoms with Gasteiger partial charge in [0.15, 0.2) is 5.16 Å². The van der Waals surface area contributed by atoms with E-state index in [0.29, 0.717) is 22.2 Å². The molecule has 1 amide bonds. The first kappa shape index (κ1) is 21.8. The lowest BCUT2D eigenvalue weighted by molar-refractivity contribution is -0.132. The minimum atomic E-state index is -0.153. The highest BCUT2D eigenvalue weighted by Gasteiger charge is 2.26. The van der Waals surface area contributed by atoms with Crippen molar-refractivity contribution in [2.75, 3.05) is 12.3 Å². The van der Waals surface area contributed by atoms with Crippen LogP contribution in [0.3, 0.4) is 0 Å². The third-order valence-electron chi connectivity index (χ3n) is 6.53. The highest BCUT2D eigenvalue weighted by molar-refractivity contribution is 7.99. The Morgan fingerprint density at radius 3 is 2.73 bits per heavy atom. The predicted octanol–water partition coefficient (Wildman–Crippen LogP) is 5.06. The van der Waals surface area contributed by atoms with Gasteiger partial charge in [-0.05, 0) is 50.8 Å². The number of H-pyrrole nitrogens is 1. The van der Waals surface area contributed by atoms with Gasteiger partial charge < -0.3 is 9.88 Å². The van der Waals surface area contributed by atoms with Crippen LogP contribution in [0, 0.1) is 6.92 Å². The third kappa shape index (κ3) is 4.06. The minimum absolute atomic E-state index is 0.121. The van der Waals surface area contributed by atoms with E-state index < -0.39 is 0 Å². The van der Waals surface area contributed by atoms with Gasteiger partial charge in [0.1, 0.15) is 11.0 Å². The summed E-state index contributed by atoms with van der Waals surface area (Å²) in [5.74, 6) is 0.387. The molecule has 0 bridgehead atoms. The molecule has 1 aliphatic heterocycles. The topological polar surface area (TPSA) is 71.0 Å². The summed E-state index contributed by atoms with van der Waals surface area (Å²) in [5, 5.41) is 1.45. The van der Waals surface area contributed by atoms with Gasteiger partial charge in [-0.1, -0.05) is 54.6 Å². The van der Waals surface area contributed by atoms with Crippen LogP contribution in [0.5, 0.6) is 0 Å². The summed E-state index contributed by atoms with van der Waals surface area (Å²) < 4.78 is 1.63. The smallest absolute Gasteiger partial charge is 0.283 e. The average Bonchev–Trinajstić information content (AvgIpc) is 3.22. The number of carbonyl (C=O) groups is 1. The molecule has 0 spiro atoms. The minimum Gasteiger partial charge on any atom is -0.349 e. The summed E-state index contributed by atoms with van der Waals surface area (Å²) in [5.41, 5.74) is 3.72. The van der Waals surface area contributed by atoms with Gasteiger partial charge in [0.05, 0.1) is 11.4 Å². The molecule has 2 aromatic heterocycles. The first-order valence-electron chi connectivity index (χ1n) is 11.6. The van der Waals surface area contributed by atoms with Crippen LogP contribution in [-0.4, -0.2) is 43.7 Å². The van der Waals surface area contributed by atoms with Crippen molar-refractivity contribution in [3.05, 3.63) is 64.4 Å². The van der Waals surface area contributed by atoms with Crippen molar-refractivity contribution in [3.8, 4) is 5.69 Å². The molecule has 0 saturated carbocycles. The zero-order chi connectivity index (χ0) is 22.9. The van der Waals surface area contributed by atoms with Crippen molar-refractivity contribution in [1.29, 1.82) is 0 Å². The molecular weight excluding hydrogens is 432 g/mol. The van der Waals surface area contributed by atoms with E-state index in [1.165, 1.54) is 18.2 Å². The fourth-order valence-electron chi connectivity index (χ4n) is 4.72. The molecule has 5 rings (SSSR count). The molecule has 3 heterocycles. The van der Waals surface area contributed by atoms with Crippen LogP contribution in [0.15, 0.2) is 58.5 Å². The summed E-state index contributed by atoms with van der Waals surface area (Å²) in [4.78, 5) is 36.9. The molecule has 1 atom stereocenters. The van der Waals surface area contributed by atoms with Crippen LogP contribution >= 0.6 is 11.8 Å². The lowest BCUT2D eigenvalue weighted by Crippen LogP contribution is -2.44. The number of fused-ring (bicyclic) bond motifs is 3. The van der Waals surface area contributed by atoms with Crippen molar-refractivity contribution in [2.24, 2.45) is 0 Å². The van der Waals surface area contributed by atoms with Crippen LogP contribution < -0.4 is 5.56 Å². The number of rotatable bonds is 5. The maximum absolute atomic E-state index is 13.6. The molecule has 1 N–H and O–H groups in total. The number of aromatic amines is 1. The second-order valence-electron chi connectivity index (χ2n) is 8.70. The van der Waals surface area contributed by atoms with Gasteiger partial charge in [-0.25, -0.2) is 4.98 Å². The number of nitrogens with one attached hydrogen (secondary N) is 1. The van der Waals surface area contributed by atoms with E-state index >= 15 is 0 Å². The molecular formula is C26H28N4O2S. The molecule has 1 unspecified atom stereocenters. The summed E-state index contributed by atoms with van der Waals surface area (Å²) >= 11 is 1.35. The number of para-hydroxylation sites is 1. The van der Waals surface area contributed by atoms with Crippen molar-refractivity contribution in [1.82, 2.24) is 19.4 Å². The fraction of sp³-hybridized carbons (Fsp3) is 0.346. The van der Waals surface area contributed by atoms with Crippen LogP contribution in [0.2, 0.25) is 0 Å². The number of aryl methyl sites for hydroxylation is 1. The monoisotopic (exact) mass is 460 g/mol. The summed E-state index contributed by atoms with van der Waals surface area (Å²) in [6.45, 7) is 4.98. The number of hydrogen-bond donors (Lipinski definition) is 1. The molecule has 7 heteroatoms. The Labute approximate surface area is 197 Å². The van der Waals surface area contributed by atoms with Gasteiger partial charge in [-0.3, -0.25) is 14.2 Å². The Morgan fingerprint density at radius 1 is 1.15 bits per heavy atom. The van der Waals surface area contributed by atoms with Crippen LogP contribution in [-0.2, 0) is 4.79 Å². The third-order valence-corrected chi connectivity index (χ3v) is 7.45. The summed E-state index contributed by atoms with van der Waals surface area (Å²) in [6, 6.07) is 15.9. The van der Waals surface area contributed by atoms with E-state index in [1.54, 1.807) is 4.57 Å². The van der Waals surface area contributed by atoms with E-state index in [1.807, 2.05) is 60.4 Å². The molecule has 4 aromatic rings. The molecule has 1 fully saturated rings. The highest BCUT2D eigenvalue weighted by Crippen LogP contribution is 2.27. The van der Waals surface area contributed by atoms with E-state index in [0.717, 1.165) is 48.0 Å². The number of nitrogens with zero attached hydrogens (tertiary/aromatic N) is 3. The normalized spacial score (nSPS) is 16.5. The van der Waals surface area contributed by atoms with Gasteiger partial charge in [0.25, 0.3) is 5.56 Å². The lowest BCUT2D eigenvalue weighted by atomic mass is 10.0. The number of amides is 1. The SMILES string of the molecule is CCC1CCCCN1C(=O)CSc1nc2c([nH]c3ccccc32)c(=O)n1-c1ccc(C)cc1. The molecule has 33 heavy (non-hydrogen) atoms. The van der Waals surface area contributed by atoms with Crippen molar-refractivity contribution in [3.63, 3.8) is 0 Å². The van der Waals surface area contributed by atoms with Crippen LogP contribution in [0.1, 0.15) is 38.2 Å². The van der Waals surface area contributed by atoms with E-state index in [2.05, 4.69) is 11.9 Å². The predicted molar refractivity (Wildman–Crippen MR) is 134 cm³/mol. The second kappa shape index (κ2) is 9.06. The Hall–Kier alpha value is -3.06. The zero-order valence-corrected chi connectivity index (χ0v) is 19.8. The van der Waals surface area contributed by atoms with Crippen molar-refractivity contribution >= 4 is 39.6 Å². The zero-order valence-electron chi connectivity index (χ0n) is 19.0. The first-order chi connectivity index (χ1) is 16.1. The standard InChI is InChI=1S/C26H28N4O2S/c1-3-18-8-6-7-15-29(18)22(31)16-33-26-28-23-20-9-4-5-10-21(20)27-24(23)25(32)30(26)19-13-11-17(2)12-14-19/h4-5,9-14,18,27H,3,6-8,15-16H2,1-2H3. The number of benzene rings is 2. The quantitative estimate of drug-likeness (QED) is 0.334. The lowest BCUT2D eigenvalue weighted by Gasteiger charge is -2.35. The largest absolute Gasteiger partial charge is 0.349 e. The second-order valence-corrected chi connectivity index (χ2v) is 9.64. The summed E-state index contributed by atoms with van der Waals surface area (Å²) in [6.07, 6.45) is 4.28. The van der Waals surface area contributed by atoms with Gasteiger partial charge in [0, 0.05) is 23.5 Å². The maximum atomic E-state index is 13.6. The number of likely N-dealkylation sites (tertiary alicyclic amines) is 1. The fourth-order valence-corrected chi connectivity index (χ4v) is 5.61. The molecule has 1 saturated heterocycles. The number of aromatic nitrogens is 3. The van der Waals surface area contributed by atoms with E-state index in [4.69, 9.17) is 4.98 Å². The number of hydrogen-bond acceptors (Lipinski definition) is 4. The summed E-state index contributed by atoms with van der Waals surface area (Å²) in [7, 11) is 0. The van der Waals surface area contributed by atoms with Gasteiger partial charge >= 0.3 is 0 Å². The van der Waals surface area contributed by atoms with Crippen molar-refractivity contribution in [2.45, 2.75) is 50.7 Å².